The molecule has 1 aromatic carbocycles. The average Bonchev–Trinajstić information content (AvgIpc) is 2.93. The minimum absolute atomic E-state index is 0.0415. The Labute approximate surface area is 102 Å². The third-order valence-corrected chi connectivity index (χ3v) is 2.85. The molecule has 0 fully saturated rings. The first-order chi connectivity index (χ1) is 8.65. The smallest absolute Gasteiger partial charge is 0.356 e. The monoisotopic (exact) mass is 242 g/mol. The molecule has 0 saturated carbocycles. The van der Waals surface area contributed by atoms with E-state index in [1.54, 1.807) is 24.1 Å². The summed E-state index contributed by atoms with van der Waals surface area (Å²) >= 11 is 0. The lowest BCUT2D eigenvalue weighted by Gasteiger charge is -2.01. The number of benzene rings is 1. The summed E-state index contributed by atoms with van der Waals surface area (Å²) in [6.45, 7) is 0. The number of carbonyl (C=O) groups is 1. The van der Waals surface area contributed by atoms with Crippen LogP contribution in [0.15, 0.2) is 41.0 Å². The van der Waals surface area contributed by atoms with Gasteiger partial charge in [0.15, 0.2) is 5.69 Å². The highest BCUT2D eigenvalue weighted by Crippen LogP contribution is 2.25. The van der Waals surface area contributed by atoms with Crippen molar-refractivity contribution in [3.63, 3.8) is 0 Å². The highest BCUT2D eigenvalue weighted by Gasteiger charge is 2.13. The van der Waals surface area contributed by atoms with E-state index in [1.165, 1.54) is 0 Å². The van der Waals surface area contributed by atoms with Gasteiger partial charge in [-0.3, -0.25) is 4.68 Å². The van der Waals surface area contributed by atoms with Gasteiger partial charge in [0.05, 0.1) is 12.0 Å². The van der Waals surface area contributed by atoms with Gasteiger partial charge in [0.25, 0.3) is 0 Å². The summed E-state index contributed by atoms with van der Waals surface area (Å²) in [5.74, 6) is -1.03. The zero-order valence-corrected chi connectivity index (χ0v) is 9.62. The van der Waals surface area contributed by atoms with Crippen molar-refractivity contribution < 1.29 is 14.3 Å². The summed E-state index contributed by atoms with van der Waals surface area (Å²) < 4.78 is 6.83. The molecular formula is C13H10N2O3. The number of rotatable bonds is 2. The fourth-order valence-corrected chi connectivity index (χ4v) is 1.97. The maximum absolute atomic E-state index is 10.9. The number of aromatic carboxylic acids is 1. The van der Waals surface area contributed by atoms with Crippen LogP contribution in [0.2, 0.25) is 0 Å². The Kier molecular flexibility index (Phi) is 2.19. The van der Waals surface area contributed by atoms with Crippen LogP contribution in [0.3, 0.4) is 0 Å². The normalized spacial score (nSPS) is 10.9. The SMILES string of the molecule is Cn1nc(C(=O)O)cc1-c1ccc2occc2c1. The number of nitrogens with zero attached hydrogens (tertiary/aromatic N) is 2. The lowest BCUT2D eigenvalue weighted by molar-refractivity contribution is 0.0689. The Bertz CT molecular complexity index is 740. The van der Waals surface area contributed by atoms with E-state index in [0.717, 1.165) is 22.2 Å². The van der Waals surface area contributed by atoms with Crippen LogP contribution in [0.1, 0.15) is 10.5 Å². The summed E-state index contributed by atoms with van der Waals surface area (Å²) in [4.78, 5) is 10.9. The number of fused-ring (bicyclic) bond motifs is 1. The predicted molar refractivity (Wildman–Crippen MR) is 65.4 cm³/mol. The van der Waals surface area contributed by atoms with Gasteiger partial charge in [-0.25, -0.2) is 4.79 Å². The lowest BCUT2D eigenvalue weighted by atomic mass is 10.1. The summed E-state index contributed by atoms with van der Waals surface area (Å²) in [6.07, 6.45) is 1.63. The van der Waals surface area contributed by atoms with E-state index in [0.29, 0.717) is 0 Å². The molecule has 3 rings (SSSR count). The van der Waals surface area contributed by atoms with Crippen LogP contribution in [0.5, 0.6) is 0 Å². The van der Waals surface area contributed by atoms with E-state index in [1.807, 2.05) is 24.3 Å². The molecule has 0 unspecified atom stereocenters. The predicted octanol–water partition coefficient (Wildman–Crippen LogP) is 2.53. The molecular weight excluding hydrogens is 232 g/mol. The average molecular weight is 242 g/mol. The number of carboxylic acids is 1. The van der Waals surface area contributed by atoms with Crippen molar-refractivity contribution >= 4 is 16.9 Å². The standard InChI is InChI=1S/C13H10N2O3/c1-15-11(7-10(14-15)13(16)17)8-2-3-12-9(6-8)4-5-18-12/h2-7H,1H3,(H,16,17). The molecule has 0 radical (unpaired) electrons. The zero-order chi connectivity index (χ0) is 12.7. The Balaban J connectivity index is 2.15. The van der Waals surface area contributed by atoms with Gasteiger partial charge in [-0.1, -0.05) is 0 Å². The Morgan fingerprint density at radius 2 is 2.17 bits per heavy atom. The number of aromatic nitrogens is 2. The van der Waals surface area contributed by atoms with E-state index in [-0.39, 0.29) is 5.69 Å². The largest absolute Gasteiger partial charge is 0.476 e. The minimum Gasteiger partial charge on any atom is -0.476 e. The molecule has 3 aromatic rings. The Morgan fingerprint density at radius 3 is 2.89 bits per heavy atom. The number of furan rings is 1. The van der Waals surface area contributed by atoms with Crippen LogP contribution in [-0.4, -0.2) is 20.9 Å². The summed E-state index contributed by atoms with van der Waals surface area (Å²) in [5, 5.41) is 13.8. The molecule has 1 N–H and O–H groups in total. The van der Waals surface area contributed by atoms with Gasteiger partial charge in [-0.05, 0) is 30.3 Å². The van der Waals surface area contributed by atoms with Gasteiger partial charge in [-0.15, -0.1) is 0 Å². The Morgan fingerprint density at radius 1 is 1.33 bits per heavy atom. The molecule has 0 atom stereocenters. The van der Waals surface area contributed by atoms with E-state index in [4.69, 9.17) is 9.52 Å². The lowest BCUT2D eigenvalue weighted by Crippen LogP contribution is -1.99. The van der Waals surface area contributed by atoms with Crippen molar-refractivity contribution in [1.82, 2.24) is 9.78 Å². The molecule has 0 aliphatic rings. The number of aryl methyl sites for hydroxylation is 1. The number of hydrogen-bond donors (Lipinski definition) is 1. The third-order valence-electron chi connectivity index (χ3n) is 2.85. The minimum atomic E-state index is -1.03. The first kappa shape index (κ1) is 10.6. The van der Waals surface area contributed by atoms with Crippen LogP contribution >= 0.6 is 0 Å². The summed E-state index contributed by atoms with van der Waals surface area (Å²) in [6, 6.07) is 9.12. The molecule has 2 heterocycles. The number of carboxylic acid groups (broad SMARTS) is 1. The van der Waals surface area contributed by atoms with Gasteiger partial charge in [0.2, 0.25) is 0 Å². The van der Waals surface area contributed by atoms with E-state index >= 15 is 0 Å². The fraction of sp³-hybridized carbons (Fsp3) is 0.0769. The first-order valence-corrected chi connectivity index (χ1v) is 5.40. The molecule has 0 aliphatic heterocycles. The molecule has 5 heteroatoms. The molecule has 0 spiro atoms. The maximum atomic E-state index is 10.9. The molecule has 18 heavy (non-hydrogen) atoms. The van der Waals surface area contributed by atoms with Gasteiger partial charge < -0.3 is 9.52 Å². The molecule has 0 aliphatic carbocycles. The molecule has 2 aromatic heterocycles. The molecule has 90 valence electrons. The van der Waals surface area contributed by atoms with E-state index < -0.39 is 5.97 Å². The second kappa shape index (κ2) is 3.73. The third kappa shape index (κ3) is 1.57. The van der Waals surface area contributed by atoms with E-state index in [9.17, 15) is 4.79 Å². The van der Waals surface area contributed by atoms with Gasteiger partial charge in [-0.2, -0.15) is 5.10 Å². The number of hydrogen-bond acceptors (Lipinski definition) is 3. The zero-order valence-electron chi connectivity index (χ0n) is 9.62. The van der Waals surface area contributed by atoms with E-state index in [2.05, 4.69) is 5.10 Å². The summed E-state index contributed by atoms with van der Waals surface area (Å²) in [7, 11) is 1.72. The molecule has 5 nitrogen and oxygen atoms in total. The second-order valence-electron chi connectivity index (χ2n) is 4.02. The van der Waals surface area contributed by atoms with Crippen LogP contribution in [0.25, 0.3) is 22.2 Å². The van der Waals surface area contributed by atoms with Crippen LogP contribution < -0.4 is 0 Å². The maximum Gasteiger partial charge on any atom is 0.356 e. The highest BCUT2D eigenvalue weighted by molar-refractivity contribution is 5.88. The molecule has 0 saturated heterocycles. The van der Waals surface area contributed by atoms with Gasteiger partial charge in [0.1, 0.15) is 5.58 Å². The van der Waals surface area contributed by atoms with Gasteiger partial charge >= 0.3 is 5.97 Å². The molecule has 0 amide bonds. The molecule has 0 bridgehead atoms. The van der Waals surface area contributed by atoms with Crippen molar-refractivity contribution in [2.45, 2.75) is 0 Å². The first-order valence-electron chi connectivity index (χ1n) is 5.40. The topological polar surface area (TPSA) is 68.3 Å². The quantitative estimate of drug-likeness (QED) is 0.749. The second-order valence-corrected chi connectivity index (χ2v) is 4.02. The van der Waals surface area contributed by atoms with Crippen molar-refractivity contribution in [2.75, 3.05) is 0 Å². The highest BCUT2D eigenvalue weighted by atomic mass is 16.4. The Hall–Kier alpha value is -2.56. The van der Waals surface area contributed by atoms with Crippen molar-refractivity contribution in [1.29, 1.82) is 0 Å². The van der Waals surface area contributed by atoms with Crippen LogP contribution in [-0.2, 0) is 7.05 Å². The van der Waals surface area contributed by atoms with Gasteiger partial charge in [0, 0.05) is 18.0 Å². The van der Waals surface area contributed by atoms with Crippen LogP contribution in [0.4, 0.5) is 0 Å². The fourth-order valence-electron chi connectivity index (χ4n) is 1.97. The van der Waals surface area contributed by atoms with Crippen molar-refractivity contribution in [3.05, 3.63) is 42.3 Å². The summed E-state index contributed by atoms with van der Waals surface area (Å²) in [5.41, 5.74) is 2.51. The van der Waals surface area contributed by atoms with Crippen LogP contribution in [0, 0.1) is 0 Å². The van der Waals surface area contributed by atoms with Crippen molar-refractivity contribution in [3.8, 4) is 11.3 Å². The van der Waals surface area contributed by atoms with Crippen molar-refractivity contribution in [2.24, 2.45) is 7.05 Å².